The van der Waals surface area contributed by atoms with Crippen molar-refractivity contribution in [3.63, 3.8) is 0 Å². The highest BCUT2D eigenvalue weighted by molar-refractivity contribution is 7.18. The molecule has 0 aliphatic carbocycles. The van der Waals surface area contributed by atoms with E-state index >= 15 is 0 Å². The summed E-state index contributed by atoms with van der Waals surface area (Å²) in [6, 6.07) is 6.27. The highest BCUT2D eigenvalue weighted by Gasteiger charge is 2.10. The fourth-order valence-electron chi connectivity index (χ4n) is 1.62. The van der Waals surface area contributed by atoms with Gasteiger partial charge in [-0.05, 0) is 17.7 Å². The summed E-state index contributed by atoms with van der Waals surface area (Å²) in [4.78, 5) is 4.59. The molecule has 2 rings (SSSR count). The van der Waals surface area contributed by atoms with Crippen LogP contribution in [0.2, 0.25) is 0 Å². The Hall–Kier alpha value is -0.930. The fourth-order valence-corrected chi connectivity index (χ4v) is 2.64. The zero-order valence-corrected chi connectivity index (χ0v) is 10.7. The van der Waals surface area contributed by atoms with Gasteiger partial charge in [0, 0.05) is 18.4 Å². The molecule has 1 unspecified atom stereocenters. The van der Waals surface area contributed by atoms with E-state index in [0.29, 0.717) is 5.92 Å². The van der Waals surface area contributed by atoms with Crippen LogP contribution in [0.4, 0.5) is 0 Å². The van der Waals surface area contributed by atoms with Crippen LogP contribution in [0, 0.1) is 0 Å². The lowest BCUT2D eigenvalue weighted by molar-refractivity contribution is 0.273. The van der Waals surface area contributed by atoms with E-state index in [2.05, 4.69) is 37.0 Å². The minimum atomic E-state index is 0.196. The van der Waals surface area contributed by atoms with Gasteiger partial charge in [-0.15, -0.1) is 11.3 Å². The first kappa shape index (κ1) is 11.6. The largest absolute Gasteiger partial charge is 0.396 e. The normalized spacial score (nSPS) is 13.6. The molecule has 3 heteroatoms. The van der Waals surface area contributed by atoms with Crippen LogP contribution in [0.25, 0.3) is 10.2 Å². The van der Waals surface area contributed by atoms with E-state index in [-0.39, 0.29) is 12.5 Å². The third-order valence-corrected chi connectivity index (χ3v) is 4.08. The molecule has 1 atom stereocenters. The summed E-state index contributed by atoms with van der Waals surface area (Å²) in [5, 5.41) is 10.3. The Morgan fingerprint density at radius 2 is 2.06 bits per heavy atom. The maximum atomic E-state index is 9.14. The summed E-state index contributed by atoms with van der Waals surface area (Å²) in [7, 11) is 0. The van der Waals surface area contributed by atoms with Crippen LogP contribution in [0.15, 0.2) is 18.2 Å². The number of hydrogen-bond donors (Lipinski definition) is 1. The summed E-state index contributed by atoms with van der Waals surface area (Å²) < 4.78 is 1.22. The SMILES string of the molecule is CC(C)c1nc2ccc(C(C)CO)cc2s1. The van der Waals surface area contributed by atoms with Gasteiger partial charge < -0.3 is 5.11 Å². The van der Waals surface area contributed by atoms with Gasteiger partial charge in [-0.2, -0.15) is 0 Å². The predicted molar refractivity (Wildman–Crippen MR) is 69.2 cm³/mol. The Morgan fingerprint density at radius 3 is 2.69 bits per heavy atom. The molecule has 2 aromatic rings. The van der Waals surface area contributed by atoms with Gasteiger partial charge in [0.15, 0.2) is 0 Å². The highest BCUT2D eigenvalue weighted by atomic mass is 32.1. The lowest BCUT2D eigenvalue weighted by Crippen LogP contribution is -1.97. The monoisotopic (exact) mass is 235 g/mol. The van der Waals surface area contributed by atoms with Gasteiger partial charge in [-0.3, -0.25) is 0 Å². The molecule has 86 valence electrons. The van der Waals surface area contributed by atoms with Crippen LogP contribution in [-0.2, 0) is 0 Å². The summed E-state index contributed by atoms with van der Waals surface area (Å²) in [5.41, 5.74) is 2.26. The van der Waals surface area contributed by atoms with E-state index < -0.39 is 0 Å². The van der Waals surface area contributed by atoms with Crippen molar-refractivity contribution in [2.75, 3.05) is 6.61 Å². The number of benzene rings is 1. The standard InChI is InChI=1S/C13H17NOS/c1-8(2)13-14-11-5-4-10(9(3)7-15)6-12(11)16-13/h4-6,8-9,15H,7H2,1-3H3. The fraction of sp³-hybridized carbons (Fsp3) is 0.462. The number of hydrogen-bond acceptors (Lipinski definition) is 3. The first-order chi connectivity index (χ1) is 7.61. The summed E-state index contributed by atoms with van der Waals surface area (Å²) in [5.74, 6) is 0.685. The number of thiazole rings is 1. The third kappa shape index (κ3) is 2.11. The molecule has 1 heterocycles. The molecule has 0 aliphatic rings. The van der Waals surface area contributed by atoms with E-state index in [1.165, 1.54) is 15.3 Å². The van der Waals surface area contributed by atoms with Gasteiger partial charge in [-0.1, -0.05) is 26.8 Å². The minimum Gasteiger partial charge on any atom is -0.396 e. The first-order valence-electron chi connectivity index (χ1n) is 5.63. The number of aromatic nitrogens is 1. The van der Waals surface area contributed by atoms with E-state index in [9.17, 15) is 0 Å². The highest BCUT2D eigenvalue weighted by Crippen LogP contribution is 2.29. The topological polar surface area (TPSA) is 33.1 Å². The predicted octanol–water partition coefficient (Wildman–Crippen LogP) is 3.52. The van der Waals surface area contributed by atoms with Crippen molar-refractivity contribution in [3.05, 3.63) is 28.8 Å². The lowest BCUT2D eigenvalue weighted by Gasteiger charge is -2.06. The van der Waals surface area contributed by atoms with Crippen molar-refractivity contribution in [3.8, 4) is 0 Å². The zero-order chi connectivity index (χ0) is 11.7. The molecule has 0 spiro atoms. The number of aliphatic hydroxyl groups excluding tert-OH is 1. The molecule has 0 aliphatic heterocycles. The molecule has 0 radical (unpaired) electrons. The molecule has 1 N–H and O–H groups in total. The maximum Gasteiger partial charge on any atom is 0.0963 e. The van der Waals surface area contributed by atoms with Gasteiger partial charge in [0.2, 0.25) is 0 Å². The number of nitrogens with zero attached hydrogens (tertiary/aromatic N) is 1. The van der Waals surface area contributed by atoms with Crippen molar-refractivity contribution >= 4 is 21.6 Å². The van der Waals surface area contributed by atoms with Crippen molar-refractivity contribution in [2.45, 2.75) is 32.6 Å². The average molecular weight is 235 g/mol. The number of fused-ring (bicyclic) bond motifs is 1. The minimum absolute atomic E-state index is 0.196. The Bertz CT molecular complexity index is 490. The molecule has 0 fully saturated rings. The second kappa shape index (κ2) is 4.52. The average Bonchev–Trinajstić information content (AvgIpc) is 2.70. The van der Waals surface area contributed by atoms with Gasteiger partial charge in [0.25, 0.3) is 0 Å². The quantitative estimate of drug-likeness (QED) is 0.883. The smallest absolute Gasteiger partial charge is 0.0963 e. The number of rotatable bonds is 3. The molecule has 1 aromatic heterocycles. The molecule has 0 saturated heterocycles. The second-order valence-electron chi connectivity index (χ2n) is 4.52. The van der Waals surface area contributed by atoms with Crippen molar-refractivity contribution in [2.24, 2.45) is 0 Å². The van der Waals surface area contributed by atoms with Gasteiger partial charge in [0.1, 0.15) is 0 Å². The Morgan fingerprint density at radius 1 is 1.31 bits per heavy atom. The van der Waals surface area contributed by atoms with E-state index in [1.54, 1.807) is 11.3 Å². The molecule has 16 heavy (non-hydrogen) atoms. The van der Waals surface area contributed by atoms with E-state index in [1.807, 2.05) is 6.92 Å². The molecule has 1 aromatic carbocycles. The summed E-state index contributed by atoms with van der Waals surface area (Å²) in [6.07, 6.45) is 0. The Labute approximate surface area is 100.0 Å². The number of aliphatic hydroxyl groups is 1. The molecule has 0 bridgehead atoms. The van der Waals surface area contributed by atoms with Crippen LogP contribution in [0.3, 0.4) is 0 Å². The van der Waals surface area contributed by atoms with Crippen LogP contribution in [0.5, 0.6) is 0 Å². The summed E-state index contributed by atoms with van der Waals surface area (Å²) in [6.45, 7) is 6.55. The first-order valence-corrected chi connectivity index (χ1v) is 6.44. The second-order valence-corrected chi connectivity index (χ2v) is 5.58. The van der Waals surface area contributed by atoms with Gasteiger partial charge in [0.05, 0.1) is 15.2 Å². The molecule has 2 nitrogen and oxygen atoms in total. The molecular formula is C13H17NOS. The Kier molecular flexibility index (Phi) is 3.26. The Balaban J connectivity index is 2.45. The van der Waals surface area contributed by atoms with Crippen LogP contribution >= 0.6 is 11.3 Å². The molecule has 0 saturated carbocycles. The van der Waals surface area contributed by atoms with Crippen LogP contribution < -0.4 is 0 Å². The van der Waals surface area contributed by atoms with E-state index in [0.717, 1.165) is 5.52 Å². The molecule has 0 amide bonds. The third-order valence-electron chi connectivity index (χ3n) is 2.77. The zero-order valence-electron chi connectivity index (χ0n) is 9.90. The van der Waals surface area contributed by atoms with Crippen molar-refractivity contribution < 1.29 is 5.11 Å². The van der Waals surface area contributed by atoms with E-state index in [4.69, 9.17) is 5.11 Å². The lowest BCUT2D eigenvalue weighted by atomic mass is 10.0. The van der Waals surface area contributed by atoms with Crippen molar-refractivity contribution in [1.82, 2.24) is 4.98 Å². The summed E-state index contributed by atoms with van der Waals surface area (Å²) >= 11 is 1.75. The van der Waals surface area contributed by atoms with Crippen LogP contribution in [-0.4, -0.2) is 16.7 Å². The van der Waals surface area contributed by atoms with Crippen LogP contribution in [0.1, 0.15) is 43.2 Å². The molecular weight excluding hydrogens is 218 g/mol. The van der Waals surface area contributed by atoms with Gasteiger partial charge in [-0.25, -0.2) is 4.98 Å². The van der Waals surface area contributed by atoms with Gasteiger partial charge >= 0.3 is 0 Å². The maximum absolute atomic E-state index is 9.14. The van der Waals surface area contributed by atoms with Crippen molar-refractivity contribution in [1.29, 1.82) is 0 Å².